The minimum Gasteiger partial charge on any atom is -0.480 e. The van der Waals surface area contributed by atoms with E-state index in [4.69, 9.17) is 5.11 Å². The molecule has 1 heterocycles. The molecule has 1 N–H and O–H groups in total. The summed E-state index contributed by atoms with van der Waals surface area (Å²) < 4.78 is 12.2. The summed E-state index contributed by atoms with van der Waals surface area (Å²) in [5.74, 6) is -1.79. The Morgan fingerprint density at radius 1 is 1.90 bits per heavy atom. The molecule has 0 aliphatic carbocycles. The summed E-state index contributed by atoms with van der Waals surface area (Å²) in [6.07, 6.45) is 2.91. The van der Waals surface area contributed by atoms with E-state index in [0.29, 0.717) is 0 Å². The highest BCUT2D eigenvalue weighted by molar-refractivity contribution is 5.90. The van der Waals surface area contributed by atoms with Crippen LogP contribution in [0.4, 0.5) is 4.39 Å². The minimum atomic E-state index is -1.08. The third kappa shape index (κ3) is 1.40. The number of carbonyl (C=O) groups is 1. The van der Waals surface area contributed by atoms with E-state index < -0.39 is 18.0 Å². The van der Waals surface area contributed by atoms with Crippen LogP contribution in [-0.4, -0.2) is 23.1 Å². The summed E-state index contributed by atoms with van der Waals surface area (Å²) in [6.45, 7) is 0. The Morgan fingerprint density at radius 2 is 2.60 bits per heavy atom. The number of aliphatic imine (C=N–C) groups is 1. The molecule has 54 valence electrons. The second-order valence-corrected chi connectivity index (χ2v) is 1.94. The van der Waals surface area contributed by atoms with Gasteiger partial charge in [-0.15, -0.1) is 0 Å². The van der Waals surface area contributed by atoms with Crippen LogP contribution in [0.1, 0.15) is 6.42 Å². The number of hydrogen-bond acceptors (Lipinski definition) is 2. The van der Waals surface area contributed by atoms with Crippen molar-refractivity contribution in [3.05, 3.63) is 12.2 Å². The summed E-state index contributed by atoms with van der Waals surface area (Å²) in [4.78, 5) is 13.4. The van der Waals surface area contributed by atoms with Gasteiger partial charge in [0, 0.05) is 0 Å². The number of rotatable bonds is 1. The van der Waals surface area contributed by atoms with Gasteiger partial charge >= 0.3 is 5.97 Å². The molecular weight excluding hydrogens is 137 g/mol. The molecule has 0 aromatic heterocycles. The fourth-order valence-corrected chi connectivity index (χ4v) is 0.695. The van der Waals surface area contributed by atoms with Gasteiger partial charge in [-0.2, -0.15) is 4.39 Å². The Bertz CT molecular complexity index is 210. The van der Waals surface area contributed by atoms with Crippen molar-refractivity contribution < 1.29 is 14.3 Å². The SMILES string of the molecule is O=C(O)C1CC=CC(F)=N1. The van der Waals surface area contributed by atoms with Crippen molar-refractivity contribution in [1.82, 2.24) is 0 Å². The van der Waals surface area contributed by atoms with Crippen LogP contribution in [0.3, 0.4) is 0 Å². The van der Waals surface area contributed by atoms with E-state index in [0.717, 1.165) is 0 Å². The van der Waals surface area contributed by atoms with E-state index >= 15 is 0 Å². The van der Waals surface area contributed by atoms with E-state index in [1.807, 2.05) is 0 Å². The largest absolute Gasteiger partial charge is 0.480 e. The molecule has 0 saturated carbocycles. The Kier molecular flexibility index (Phi) is 1.80. The first kappa shape index (κ1) is 6.92. The van der Waals surface area contributed by atoms with Gasteiger partial charge in [-0.05, 0) is 12.5 Å². The summed E-state index contributed by atoms with van der Waals surface area (Å²) in [5.41, 5.74) is 0. The quantitative estimate of drug-likeness (QED) is 0.589. The average Bonchev–Trinajstić information content (AvgIpc) is 1.88. The van der Waals surface area contributed by atoms with Gasteiger partial charge in [0.15, 0.2) is 6.04 Å². The molecule has 1 atom stereocenters. The molecule has 0 spiro atoms. The van der Waals surface area contributed by atoms with Gasteiger partial charge in [-0.1, -0.05) is 6.08 Å². The molecule has 0 bridgehead atoms. The summed E-state index contributed by atoms with van der Waals surface area (Å²) in [7, 11) is 0. The van der Waals surface area contributed by atoms with E-state index in [2.05, 4.69) is 4.99 Å². The predicted octanol–water partition coefficient (Wildman–Crippen LogP) is 0.768. The molecule has 1 rings (SSSR count). The van der Waals surface area contributed by atoms with Crippen LogP contribution >= 0.6 is 0 Å². The first-order chi connectivity index (χ1) is 4.70. The molecule has 1 unspecified atom stereocenters. The van der Waals surface area contributed by atoms with Crippen molar-refractivity contribution in [2.45, 2.75) is 12.5 Å². The van der Waals surface area contributed by atoms with Crippen molar-refractivity contribution in [2.24, 2.45) is 4.99 Å². The second kappa shape index (κ2) is 2.60. The topological polar surface area (TPSA) is 49.7 Å². The molecule has 0 aromatic carbocycles. The number of carboxylic acids is 1. The van der Waals surface area contributed by atoms with E-state index in [1.54, 1.807) is 0 Å². The smallest absolute Gasteiger partial charge is 0.328 e. The Morgan fingerprint density at radius 3 is 3.00 bits per heavy atom. The zero-order chi connectivity index (χ0) is 7.56. The number of carboxylic acid groups (broad SMARTS) is 1. The van der Waals surface area contributed by atoms with E-state index in [9.17, 15) is 9.18 Å². The van der Waals surface area contributed by atoms with E-state index in [1.165, 1.54) is 12.2 Å². The molecule has 0 fully saturated rings. The summed E-state index contributed by atoms with van der Waals surface area (Å²) in [6, 6.07) is -0.926. The molecule has 10 heavy (non-hydrogen) atoms. The average molecular weight is 143 g/mol. The van der Waals surface area contributed by atoms with Crippen LogP contribution in [-0.2, 0) is 4.79 Å². The summed E-state index contributed by atoms with van der Waals surface area (Å²) in [5, 5.41) is 8.35. The molecule has 0 saturated heterocycles. The number of hydrogen-bond donors (Lipinski definition) is 1. The predicted molar refractivity (Wildman–Crippen MR) is 33.7 cm³/mol. The normalized spacial score (nSPS) is 24.1. The van der Waals surface area contributed by atoms with Gasteiger partial charge in [0.2, 0.25) is 5.97 Å². The Hall–Kier alpha value is -1.19. The maximum atomic E-state index is 12.2. The highest BCUT2D eigenvalue weighted by Crippen LogP contribution is 2.06. The van der Waals surface area contributed by atoms with Crippen molar-refractivity contribution in [2.75, 3.05) is 0 Å². The number of halogens is 1. The standard InChI is InChI=1S/C6H6FNO2/c7-5-3-1-2-4(8-5)6(9)10/h1,3-4H,2H2,(H,9,10). The number of nitrogens with zero attached hydrogens (tertiary/aromatic N) is 1. The minimum absolute atomic E-state index is 0.281. The Balaban J connectivity index is 2.69. The van der Waals surface area contributed by atoms with Crippen LogP contribution in [0.2, 0.25) is 0 Å². The maximum absolute atomic E-state index is 12.2. The molecule has 0 amide bonds. The molecule has 0 radical (unpaired) electrons. The fraction of sp³-hybridized carbons (Fsp3) is 0.333. The van der Waals surface area contributed by atoms with Crippen LogP contribution < -0.4 is 0 Å². The lowest BCUT2D eigenvalue weighted by Crippen LogP contribution is -2.19. The molecule has 3 nitrogen and oxygen atoms in total. The maximum Gasteiger partial charge on any atom is 0.328 e. The first-order valence-corrected chi connectivity index (χ1v) is 2.83. The molecule has 4 heteroatoms. The van der Waals surface area contributed by atoms with Gasteiger partial charge in [-0.25, -0.2) is 9.79 Å². The number of dihydropyridines is 1. The van der Waals surface area contributed by atoms with Crippen LogP contribution in [0, 0.1) is 0 Å². The third-order valence-corrected chi connectivity index (χ3v) is 1.18. The van der Waals surface area contributed by atoms with Crippen LogP contribution in [0.25, 0.3) is 0 Å². The van der Waals surface area contributed by atoms with Crippen molar-refractivity contribution in [3.8, 4) is 0 Å². The molecule has 0 aromatic rings. The Labute approximate surface area is 56.9 Å². The van der Waals surface area contributed by atoms with Gasteiger partial charge in [0.05, 0.1) is 0 Å². The lowest BCUT2D eigenvalue weighted by atomic mass is 10.2. The lowest BCUT2D eigenvalue weighted by Gasteiger charge is -2.06. The van der Waals surface area contributed by atoms with E-state index in [-0.39, 0.29) is 6.42 Å². The monoisotopic (exact) mass is 143 g/mol. The van der Waals surface area contributed by atoms with Gasteiger partial charge < -0.3 is 5.11 Å². The van der Waals surface area contributed by atoms with Crippen molar-refractivity contribution in [3.63, 3.8) is 0 Å². The van der Waals surface area contributed by atoms with Crippen LogP contribution in [0.5, 0.6) is 0 Å². The van der Waals surface area contributed by atoms with Gasteiger partial charge in [0.1, 0.15) is 0 Å². The van der Waals surface area contributed by atoms with Crippen LogP contribution in [0.15, 0.2) is 17.1 Å². The third-order valence-electron chi connectivity index (χ3n) is 1.18. The molecular formula is C6H6FNO2. The first-order valence-electron chi connectivity index (χ1n) is 2.83. The van der Waals surface area contributed by atoms with Crippen molar-refractivity contribution in [1.29, 1.82) is 0 Å². The van der Waals surface area contributed by atoms with Gasteiger partial charge in [0.25, 0.3) is 0 Å². The second-order valence-electron chi connectivity index (χ2n) is 1.94. The molecule has 1 aliphatic heterocycles. The number of allylic oxidation sites excluding steroid dienone is 1. The number of aliphatic carboxylic acids is 1. The van der Waals surface area contributed by atoms with Crippen molar-refractivity contribution >= 4 is 11.9 Å². The summed E-state index contributed by atoms with van der Waals surface area (Å²) >= 11 is 0. The fourth-order valence-electron chi connectivity index (χ4n) is 0.695. The lowest BCUT2D eigenvalue weighted by molar-refractivity contribution is -0.138. The zero-order valence-electron chi connectivity index (χ0n) is 5.12. The molecule has 1 aliphatic rings. The highest BCUT2D eigenvalue weighted by Gasteiger charge is 2.17. The zero-order valence-corrected chi connectivity index (χ0v) is 5.12. The highest BCUT2D eigenvalue weighted by atomic mass is 19.1. The van der Waals surface area contributed by atoms with Gasteiger partial charge in [-0.3, -0.25) is 0 Å².